The first-order chi connectivity index (χ1) is 12.2. The van der Waals surface area contributed by atoms with Crippen molar-refractivity contribution in [3.8, 4) is 5.69 Å². The smallest absolute Gasteiger partial charge is 0.205 e. The summed E-state index contributed by atoms with van der Waals surface area (Å²) in [6.45, 7) is 0. The standard InChI is InChI=1S/C19H17FN4O/c20-15-8-4-5-9-17(15)24-13-11-18(25)19(23-24)16(10-12-21)22-14-6-2-1-3-7-14/h1-9,11-13,16,21-22H,10H2. The van der Waals surface area contributed by atoms with E-state index in [1.807, 2.05) is 30.3 Å². The van der Waals surface area contributed by atoms with Gasteiger partial charge in [-0.05, 0) is 30.5 Å². The minimum Gasteiger partial charge on any atom is -0.376 e. The van der Waals surface area contributed by atoms with Gasteiger partial charge in [-0.25, -0.2) is 9.07 Å². The number of anilines is 1. The van der Waals surface area contributed by atoms with Crippen LogP contribution in [0.2, 0.25) is 0 Å². The van der Waals surface area contributed by atoms with Crippen LogP contribution in [0.25, 0.3) is 5.69 Å². The molecule has 1 heterocycles. The summed E-state index contributed by atoms with van der Waals surface area (Å²) in [4.78, 5) is 12.3. The molecule has 2 aromatic carbocycles. The Balaban J connectivity index is 2.01. The number of hydrogen-bond acceptors (Lipinski definition) is 4. The summed E-state index contributed by atoms with van der Waals surface area (Å²) in [6, 6.07) is 16.5. The van der Waals surface area contributed by atoms with Crippen molar-refractivity contribution >= 4 is 11.9 Å². The van der Waals surface area contributed by atoms with E-state index in [-0.39, 0.29) is 16.8 Å². The third-order valence-corrected chi connectivity index (χ3v) is 3.73. The zero-order valence-corrected chi connectivity index (χ0v) is 13.4. The van der Waals surface area contributed by atoms with Gasteiger partial charge >= 0.3 is 0 Å². The highest BCUT2D eigenvalue weighted by molar-refractivity contribution is 5.56. The highest BCUT2D eigenvalue weighted by Gasteiger charge is 2.17. The number of benzene rings is 2. The molecule has 0 saturated heterocycles. The van der Waals surface area contributed by atoms with Gasteiger partial charge in [0.2, 0.25) is 5.43 Å². The van der Waals surface area contributed by atoms with E-state index in [1.165, 1.54) is 29.2 Å². The van der Waals surface area contributed by atoms with Gasteiger partial charge in [-0.1, -0.05) is 30.3 Å². The summed E-state index contributed by atoms with van der Waals surface area (Å²) in [5, 5.41) is 14.9. The fraction of sp³-hybridized carbons (Fsp3) is 0.105. The monoisotopic (exact) mass is 336 g/mol. The lowest BCUT2D eigenvalue weighted by Gasteiger charge is -2.18. The molecular weight excluding hydrogens is 319 g/mol. The van der Waals surface area contributed by atoms with Crippen molar-refractivity contribution in [2.75, 3.05) is 5.32 Å². The molecule has 2 N–H and O–H groups in total. The molecule has 0 aliphatic rings. The Labute approximate surface area is 144 Å². The SMILES string of the molecule is N=CCC(Nc1ccccc1)c1nn(-c2ccccc2F)ccc1=O. The minimum atomic E-state index is -0.480. The van der Waals surface area contributed by atoms with Gasteiger partial charge in [0.15, 0.2) is 0 Å². The van der Waals surface area contributed by atoms with Crippen LogP contribution in [0, 0.1) is 11.2 Å². The summed E-state index contributed by atoms with van der Waals surface area (Å²) in [5.74, 6) is -0.427. The minimum absolute atomic E-state index is 0.234. The van der Waals surface area contributed by atoms with Crippen LogP contribution >= 0.6 is 0 Å². The van der Waals surface area contributed by atoms with E-state index in [0.717, 1.165) is 5.69 Å². The van der Waals surface area contributed by atoms with Gasteiger partial charge in [0.1, 0.15) is 17.2 Å². The lowest BCUT2D eigenvalue weighted by atomic mass is 10.1. The van der Waals surface area contributed by atoms with Crippen molar-refractivity contribution in [3.63, 3.8) is 0 Å². The highest BCUT2D eigenvalue weighted by atomic mass is 19.1. The summed E-state index contributed by atoms with van der Waals surface area (Å²) < 4.78 is 15.4. The number of nitrogens with one attached hydrogen (secondary N) is 2. The molecule has 0 bridgehead atoms. The molecule has 1 atom stereocenters. The molecular formula is C19H17FN4O. The number of para-hydroxylation sites is 2. The van der Waals surface area contributed by atoms with Crippen LogP contribution in [-0.2, 0) is 0 Å². The first-order valence-corrected chi connectivity index (χ1v) is 7.84. The molecule has 0 fully saturated rings. The Morgan fingerprint density at radius 1 is 1.12 bits per heavy atom. The first kappa shape index (κ1) is 16.6. The van der Waals surface area contributed by atoms with Crippen molar-refractivity contribution < 1.29 is 4.39 Å². The van der Waals surface area contributed by atoms with Crippen LogP contribution in [0.3, 0.4) is 0 Å². The van der Waals surface area contributed by atoms with Gasteiger partial charge in [0.25, 0.3) is 0 Å². The van der Waals surface area contributed by atoms with Crippen molar-refractivity contribution in [1.82, 2.24) is 9.78 Å². The van der Waals surface area contributed by atoms with Gasteiger partial charge in [0, 0.05) is 24.4 Å². The first-order valence-electron chi connectivity index (χ1n) is 7.84. The van der Waals surface area contributed by atoms with Crippen LogP contribution in [0.15, 0.2) is 71.7 Å². The zero-order valence-electron chi connectivity index (χ0n) is 13.4. The van der Waals surface area contributed by atoms with E-state index in [2.05, 4.69) is 10.4 Å². The van der Waals surface area contributed by atoms with Crippen LogP contribution < -0.4 is 10.7 Å². The molecule has 0 aliphatic heterocycles. The molecule has 3 aromatic rings. The van der Waals surface area contributed by atoms with Crippen molar-refractivity contribution in [2.45, 2.75) is 12.5 Å². The van der Waals surface area contributed by atoms with Gasteiger partial charge in [-0.3, -0.25) is 4.79 Å². The maximum Gasteiger partial charge on any atom is 0.205 e. The predicted octanol–water partition coefficient (Wildman–Crippen LogP) is 3.56. The van der Waals surface area contributed by atoms with Crippen LogP contribution in [0.5, 0.6) is 0 Å². The second kappa shape index (κ2) is 7.53. The van der Waals surface area contributed by atoms with E-state index in [4.69, 9.17) is 5.41 Å². The normalized spacial score (nSPS) is 11.7. The van der Waals surface area contributed by atoms with E-state index < -0.39 is 11.9 Å². The molecule has 5 nitrogen and oxygen atoms in total. The maximum atomic E-state index is 14.0. The fourth-order valence-corrected chi connectivity index (χ4v) is 2.53. The molecule has 25 heavy (non-hydrogen) atoms. The van der Waals surface area contributed by atoms with Crippen molar-refractivity contribution in [3.05, 3.63) is 88.6 Å². The highest BCUT2D eigenvalue weighted by Crippen LogP contribution is 2.19. The van der Waals surface area contributed by atoms with E-state index in [9.17, 15) is 9.18 Å². The number of hydrogen-bond donors (Lipinski definition) is 2. The van der Waals surface area contributed by atoms with Crippen molar-refractivity contribution in [1.29, 1.82) is 5.41 Å². The third-order valence-electron chi connectivity index (χ3n) is 3.73. The molecule has 0 spiro atoms. The molecule has 0 saturated carbocycles. The summed E-state index contributed by atoms with van der Waals surface area (Å²) in [6.07, 6.45) is 2.95. The van der Waals surface area contributed by atoms with Gasteiger partial charge in [-0.2, -0.15) is 5.10 Å². The summed E-state index contributed by atoms with van der Waals surface area (Å²) in [5.41, 5.74) is 1.05. The lowest BCUT2D eigenvalue weighted by molar-refractivity contribution is 0.602. The Bertz CT molecular complexity index is 924. The zero-order chi connectivity index (χ0) is 17.6. The number of rotatable bonds is 6. The Morgan fingerprint density at radius 2 is 1.84 bits per heavy atom. The average molecular weight is 336 g/mol. The van der Waals surface area contributed by atoms with Crippen molar-refractivity contribution in [2.24, 2.45) is 0 Å². The molecule has 1 unspecified atom stereocenters. The average Bonchev–Trinajstić information content (AvgIpc) is 2.63. The largest absolute Gasteiger partial charge is 0.376 e. The third kappa shape index (κ3) is 3.80. The number of halogens is 1. The summed E-state index contributed by atoms with van der Waals surface area (Å²) in [7, 11) is 0. The lowest BCUT2D eigenvalue weighted by Crippen LogP contribution is -2.24. The predicted molar refractivity (Wildman–Crippen MR) is 96.0 cm³/mol. The topological polar surface area (TPSA) is 70.8 Å². The molecule has 3 rings (SSSR count). The second-order valence-electron chi connectivity index (χ2n) is 5.46. The Morgan fingerprint density at radius 3 is 2.56 bits per heavy atom. The van der Waals surface area contributed by atoms with Gasteiger partial charge < -0.3 is 10.7 Å². The van der Waals surface area contributed by atoms with Gasteiger partial charge in [-0.15, -0.1) is 0 Å². The Hall–Kier alpha value is -3.28. The molecule has 0 radical (unpaired) electrons. The molecule has 6 heteroatoms. The van der Waals surface area contributed by atoms with Gasteiger partial charge in [0.05, 0.1) is 6.04 Å². The van der Waals surface area contributed by atoms with Crippen LogP contribution in [-0.4, -0.2) is 16.0 Å². The molecule has 0 amide bonds. The van der Waals surface area contributed by atoms with E-state index in [0.29, 0.717) is 6.42 Å². The Kier molecular flexibility index (Phi) is 4.99. The maximum absolute atomic E-state index is 14.0. The quantitative estimate of drug-likeness (QED) is 0.676. The van der Waals surface area contributed by atoms with E-state index in [1.54, 1.807) is 18.2 Å². The summed E-state index contributed by atoms with van der Waals surface area (Å²) >= 11 is 0. The van der Waals surface area contributed by atoms with Crippen LogP contribution in [0.4, 0.5) is 10.1 Å². The molecule has 126 valence electrons. The second-order valence-corrected chi connectivity index (χ2v) is 5.46. The van der Waals surface area contributed by atoms with Crippen LogP contribution in [0.1, 0.15) is 18.2 Å². The fourth-order valence-electron chi connectivity index (χ4n) is 2.53. The number of aromatic nitrogens is 2. The molecule has 1 aromatic heterocycles. The molecule has 0 aliphatic carbocycles. The number of nitrogens with zero attached hydrogens (tertiary/aromatic N) is 2. The van der Waals surface area contributed by atoms with E-state index >= 15 is 0 Å².